The van der Waals surface area contributed by atoms with Crippen molar-refractivity contribution in [3.63, 3.8) is 0 Å². The fourth-order valence-electron chi connectivity index (χ4n) is 5.82. The highest BCUT2D eigenvalue weighted by molar-refractivity contribution is 8.13. The first kappa shape index (κ1) is 30.2. The van der Waals surface area contributed by atoms with Crippen LogP contribution in [0.5, 0.6) is 5.75 Å². The van der Waals surface area contributed by atoms with Gasteiger partial charge in [-0.2, -0.15) is 5.26 Å². The Bertz CT molecular complexity index is 1270. The molecule has 0 saturated carbocycles. The van der Waals surface area contributed by atoms with Crippen molar-refractivity contribution >= 4 is 34.4 Å². The molecule has 2 heterocycles. The van der Waals surface area contributed by atoms with Gasteiger partial charge in [-0.25, -0.2) is 4.39 Å². The molecule has 2 atom stereocenters. The predicted octanol–water partition coefficient (Wildman–Crippen LogP) is 5.62. The Balaban J connectivity index is 1.26. The number of fused-ring (bicyclic) bond motifs is 2. The van der Waals surface area contributed by atoms with Crippen molar-refractivity contribution in [1.29, 1.82) is 5.26 Å². The summed E-state index contributed by atoms with van der Waals surface area (Å²) in [6, 6.07) is 9.40. The van der Waals surface area contributed by atoms with Crippen LogP contribution in [-0.4, -0.2) is 60.1 Å². The van der Waals surface area contributed by atoms with Crippen LogP contribution in [0.15, 0.2) is 35.3 Å². The Labute approximate surface area is 245 Å². The topological polar surface area (TPSA) is 89.8 Å². The van der Waals surface area contributed by atoms with Crippen molar-refractivity contribution < 1.29 is 13.9 Å². The molecule has 2 unspecified atom stereocenters. The number of amides is 1. The van der Waals surface area contributed by atoms with Crippen molar-refractivity contribution in [3.8, 4) is 11.9 Å². The molecule has 2 aliphatic rings. The van der Waals surface area contributed by atoms with Crippen molar-refractivity contribution in [1.82, 2.24) is 15.5 Å². The molecular formula is C30H37ClFN5O2S. The lowest BCUT2D eigenvalue weighted by Gasteiger charge is -2.39. The van der Waals surface area contributed by atoms with Crippen LogP contribution in [0, 0.1) is 31.1 Å². The van der Waals surface area contributed by atoms with Gasteiger partial charge in [0.25, 0.3) is 5.91 Å². The second-order valence-electron chi connectivity index (χ2n) is 10.4. The van der Waals surface area contributed by atoms with Crippen LogP contribution in [0.3, 0.4) is 0 Å². The number of piperidine rings is 1. The van der Waals surface area contributed by atoms with Gasteiger partial charge in [-0.05, 0) is 93.2 Å². The highest BCUT2D eigenvalue weighted by Crippen LogP contribution is 2.36. The van der Waals surface area contributed by atoms with Crippen LogP contribution in [0.1, 0.15) is 59.2 Å². The number of hydrogen-bond acceptors (Lipinski definition) is 6. The maximum atomic E-state index is 13.5. The average molecular weight is 586 g/mol. The zero-order chi connectivity index (χ0) is 28.6. The lowest BCUT2D eigenvalue weighted by molar-refractivity contribution is 0.0848. The summed E-state index contributed by atoms with van der Waals surface area (Å²) in [6.45, 7) is 6.45. The van der Waals surface area contributed by atoms with Gasteiger partial charge in [0.05, 0.1) is 11.6 Å². The van der Waals surface area contributed by atoms with E-state index in [9.17, 15) is 9.18 Å². The van der Waals surface area contributed by atoms with Gasteiger partial charge < -0.3 is 10.1 Å². The fraction of sp³-hybridized carbons (Fsp3) is 0.500. The molecule has 214 valence electrons. The number of nitrogens with zero attached hydrogens (tertiary/aromatic N) is 3. The zero-order valence-corrected chi connectivity index (χ0v) is 24.9. The molecule has 1 amide bonds. The summed E-state index contributed by atoms with van der Waals surface area (Å²) in [5.41, 5.74) is 4.17. The van der Waals surface area contributed by atoms with Gasteiger partial charge in [0.1, 0.15) is 11.6 Å². The van der Waals surface area contributed by atoms with E-state index in [0.29, 0.717) is 36.0 Å². The summed E-state index contributed by atoms with van der Waals surface area (Å²) in [6.07, 6.45) is 9.69. The number of ether oxygens (including phenoxy) is 1. The van der Waals surface area contributed by atoms with E-state index >= 15 is 0 Å². The molecule has 4 rings (SSSR count). The number of aliphatic imine (C=N–C) groups is 1. The second-order valence-corrected chi connectivity index (χ2v) is 11.6. The van der Waals surface area contributed by atoms with Crippen LogP contribution < -0.4 is 15.4 Å². The number of carbonyl (C=O) groups is 1. The van der Waals surface area contributed by atoms with Crippen LogP contribution in [-0.2, 0) is 6.42 Å². The molecule has 2 N–H and O–H groups in total. The highest BCUT2D eigenvalue weighted by Gasteiger charge is 2.40. The minimum absolute atomic E-state index is 0.0341. The number of nitrogens with one attached hydrogen (secondary N) is 2. The SMILES string of the molecule is CSC(=NCCCOc1ccc(CCN2C3CCC2CC(NC(=O)c2ccc(F)c(Cl)c2)C3)c(C)c1C)NC#N. The number of carbonyl (C=O) groups excluding carboxylic acids is 1. The van der Waals surface area contributed by atoms with Crippen molar-refractivity contribution in [3.05, 3.63) is 63.4 Å². The van der Waals surface area contributed by atoms with Gasteiger partial charge >= 0.3 is 0 Å². The lowest BCUT2D eigenvalue weighted by atomic mass is 9.95. The average Bonchev–Trinajstić information content (AvgIpc) is 3.18. The third kappa shape index (κ3) is 7.48. The monoisotopic (exact) mass is 585 g/mol. The van der Waals surface area contributed by atoms with E-state index in [0.717, 1.165) is 50.8 Å². The van der Waals surface area contributed by atoms with Gasteiger partial charge in [0, 0.05) is 43.2 Å². The first-order valence-electron chi connectivity index (χ1n) is 13.8. The van der Waals surface area contributed by atoms with E-state index in [1.165, 1.54) is 46.7 Å². The minimum atomic E-state index is -0.519. The number of thioether (sulfide) groups is 1. The molecule has 2 aliphatic heterocycles. The zero-order valence-electron chi connectivity index (χ0n) is 23.3. The first-order valence-corrected chi connectivity index (χ1v) is 15.4. The Hall–Kier alpha value is -2.80. The summed E-state index contributed by atoms with van der Waals surface area (Å²) in [5.74, 6) is 0.195. The van der Waals surface area contributed by atoms with Crippen LogP contribution in [0.25, 0.3) is 0 Å². The minimum Gasteiger partial charge on any atom is -0.493 e. The molecule has 0 radical (unpaired) electrons. The van der Waals surface area contributed by atoms with E-state index < -0.39 is 5.82 Å². The standard InChI is InChI=1S/C30H37ClFN5O2S/c1-19-20(2)28(39-14-4-12-34-30(40-3)35-18-33)10-6-21(19)11-13-37-24-7-8-25(37)17-23(16-24)36-29(38)22-5-9-27(32)26(31)15-22/h5-6,9-10,15,23-25H,4,7-8,11-14,16-17H2,1-3H3,(H,34,35)(H,36,38). The van der Waals surface area contributed by atoms with Gasteiger partial charge in [-0.3, -0.25) is 20.0 Å². The van der Waals surface area contributed by atoms with Gasteiger partial charge in [-0.15, -0.1) is 0 Å². The van der Waals surface area contributed by atoms with E-state index in [-0.39, 0.29) is 17.0 Å². The van der Waals surface area contributed by atoms with Crippen molar-refractivity contribution in [2.45, 2.75) is 70.5 Å². The number of amidine groups is 1. The number of halogens is 2. The molecule has 2 fully saturated rings. The maximum absolute atomic E-state index is 13.5. The Morgan fingerprint density at radius 3 is 2.65 bits per heavy atom. The Morgan fingerprint density at radius 2 is 1.98 bits per heavy atom. The second kappa shape index (κ2) is 14.2. The van der Waals surface area contributed by atoms with Crippen LogP contribution in [0.4, 0.5) is 4.39 Å². The molecule has 2 aromatic rings. The first-order chi connectivity index (χ1) is 19.3. The molecule has 2 bridgehead atoms. The van der Waals surface area contributed by atoms with E-state index in [1.54, 1.807) is 0 Å². The van der Waals surface area contributed by atoms with Crippen molar-refractivity contribution in [2.24, 2.45) is 4.99 Å². The summed E-state index contributed by atoms with van der Waals surface area (Å²) >= 11 is 7.28. The maximum Gasteiger partial charge on any atom is 0.251 e. The summed E-state index contributed by atoms with van der Waals surface area (Å²) < 4.78 is 19.5. The smallest absolute Gasteiger partial charge is 0.251 e. The molecule has 7 nitrogen and oxygen atoms in total. The highest BCUT2D eigenvalue weighted by atomic mass is 35.5. The van der Waals surface area contributed by atoms with E-state index in [2.05, 4.69) is 46.5 Å². The summed E-state index contributed by atoms with van der Waals surface area (Å²) in [5, 5.41) is 15.0. The number of hydrogen-bond donors (Lipinski definition) is 2. The third-order valence-electron chi connectivity index (χ3n) is 8.06. The van der Waals surface area contributed by atoms with Gasteiger partial charge in [0.15, 0.2) is 11.4 Å². The molecule has 0 aliphatic carbocycles. The third-order valence-corrected chi connectivity index (χ3v) is 8.97. The molecule has 10 heteroatoms. The van der Waals surface area contributed by atoms with E-state index in [4.69, 9.17) is 21.6 Å². The summed E-state index contributed by atoms with van der Waals surface area (Å²) in [7, 11) is 0. The number of nitriles is 1. The molecule has 0 aromatic heterocycles. The number of rotatable bonds is 10. The van der Waals surface area contributed by atoms with Gasteiger partial charge in [0.2, 0.25) is 0 Å². The van der Waals surface area contributed by atoms with Crippen LogP contribution >= 0.6 is 23.4 Å². The largest absolute Gasteiger partial charge is 0.493 e. The molecule has 40 heavy (non-hydrogen) atoms. The predicted molar refractivity (Wildman–Crippen MR) is 160 cm³/mol. The molecule has 2 aromatic carbocycles. The van der Waals surface area contributed by atoms with Crippen LogP contribution in [0.2, 0.25) is 5.02 Å². The Kier molecular flexibility index (Phi) is 10.7. The van der Waals surface area contributed by atoms with E-state index in [1.807, 2.05) is 12.4 Å². The normalized spacial score (nSPS) is 20.7. The quantitative estimate of drug-likeness (QED) is 0.124. The molecule has 0 spiro atoms. The molecule has 2 saturated heterocycles. The molecular weight excluding hydrogens is 549 g/mol. The van der Waals surface area contributed by atoms with Gasteiger partial charge in [-0.1, -0.05) is 29.4 Å². The number of benzene rings is 2. The summed E-state index contributed by atoms with van der Waals surface area (Å²) in [4.78, 5) is 19.7. The fourth-order valence-corrected chi connectivity index (χ4v) is 6.37. The lowest BCUT2D eigenvalue weighted by Crippen LogP contribution is -2.50. The Morgan fingerprint density at radius 1 is 1.23 bits per heavy atom. The van der Waals surface area contributed by atoms with Crippen molar-refractivity contribution in [2.75, 3.05) is 26.0 Å².